The van der Waals surface area contributed by atoms with Gasteiger partial charge in [-0.1, -0.05) is 19.1 Å². The van der Waals surface area contributed by atoms with Gasteiger partial charge >= 0.3 is 0 Å². The first kappa shape index (κ1) is 17.6. The minimum atomic E-state index is -3.12. The maximum absolute atomic E-state index is 12.1. The van der Waals surface area contributed by atoms with Crippen molar-refractivity contribution < 1.29 is 23.4 Å². The summed E-state index contributed by atoms with van der Waals surface area (Å²) in [5, 5.41) is 21.2. The van der Waals surface area contributed by atoms with Crippen LogP contribution < -0.4 is 5.32 Å². The van der Waals surface area contributed by atoms with Crippen LogP contribution in [0.3, 0.4) is 0 Å². The standard InChI is InChI=1S/C14H21NO5S/c1-3-14(9-16,10-17)15-13(18)12-6-4-11(5-7-12)8-21(2,19)20/h4-7,16-17H,3,8-10H2,1-2H3,(H,15,18). The van der Waals surface area contributed by atoms with Crippen LogP contribution in [-0.4, -0.2) is 49.5 Å². The average molecular weight is 315 g/mol. The number of hydrogen-bond acceptors (Lipinski definition) is 5. The normalized spacial score (nSPS) is 12.2. The van der Waals surface area contributed by atoms with Crippen molar-refractivity contribution in [2.45, 2.75) is 24.6 Å². The number of rotatable bonds is 7. The molecule has 7 heteroatoms. The molecular weight excluding hydrogens is 294 g/mol. The Bertz CT molecular complexity index is 568. The van der Waals surface area contributed by atoms with Crippen LogP contribution in [0.1, 0.15) is 29.3 Å². The molecule has 0 heterocycles. The summed E-state index contributed by atoms with van der Waals surface area (Å²) < 4.78 is 22.4. The molecule has 0 aliphatic carbocycles. The van der Waals surface area contributed by atoms with E-state index in [1.807, 2.05) is 0 Å². The first-order chi connectivity index (χ1) is 9.75. The van der Waals surface area contributed by atoms with Gasteiger partial charge in [0.15, 0.2) is 9.84 Å². The first-order valence-corrected chi connectivity index (χ1v) is 8.62. The van der Waals surface area contributed by atoms with Crippen molar-refractivity contribution in [2.24, 2.45) is 0 Å². The third-order valence-electron chi connectivity index (χ3n) is 3.31. The molecule has 0 saturated carbocycles. The summed E-state index contributed by atoms with van der Waals surface area (Å²) >= 11 is 0. The maximum Gasteiger partial charge on any atom is 0.251 e. The molecule has 0 atom stereocenters. The lowest BCUT2D eigenvalue weighted by Gasteiger charge is -2.29. The Morgan fingerprint density at radius 1 is 1.19 bits per heavy atom. The van der Waals surface area contributed by atoms with Gasteiger partial charge in [0.2, 0.25) is 0 Å². The Hall–Kier alpha value is -1.44. The van der Waals surface area contributed by atoms with Crippen molar-refractivity contribution in [2.75, 3.05) is 19.5 Å². The van der Waals surface area contributed by atoms with E-state index in [1.54, 1.807) is 19.1 Å². The number of carbonyl (C=O) groups excluding carboxylic acids is 1. The molecule has 0 bridgehead atoms. The van der Waals surface area contributed by atoms with Crippen LogP contribution in [0.4, 0.5) is 0 Å². The number of nitrogens with one attached hydrogen (secondary N) is 1. The number of carbonyl (C=O) groups is 1. The van der Waals surface area contributed by atoms with Crippen LogP contribution in [0.5, 0.6) is 0 Å². The molecule has 3 N–H and O–H groups in total. The number of aliphatic hydroxyl groups is 2. The highest BCUT2D eigenvalue weighted by atomic mass is 32.2. The van der Waals surface area contributed by atoms with Crippen LogP contribution in [0.15, 0.2) is 24.3 Å². The molecule has 1 aromatic carbocycles. The molecule has 0 saturated heterocycles. The fourth-order valence-corrected chi connectivity index (χ4v) is 2.61. The van der Waals surface area contributed by atoms with Gasteiger partial charge in [-0.05, 0) is 24.1 Å². The summed E-state index contributed by atoms with van der Waals surface area (Å²) in [7, 11) is -3.12. The lowest BCUT2D eigenvalue weighted by Crippen LogP contribution is -2.53. The third-order valence-corrected chi connectivity index (χ3v) is 4.16. The molecular formula is C14H21NO5S. The number of hydrogen-bond donors (Lipinski definition) is 3. The van der Waals surface area contributed by atoms with Crippen molar-refractivity contribution in [1.82, 2.24) is 5.32 Å². The van der Waals surface area contributed by atoms with E-state index in [0.29, 0.717) is 17.5 Å². The lowest BCUT2D eigenvalue weighted by atomic mass is 9.97. The van der Waals surface area contributed by atoms with E-state index < -0.39 is 21.3 Å². The largest absolute Gasteiger partial charge is 0.394 e. The second-order valence-corrected chi connectivity index (χ2v) is 7.31. The fourth-order valence-electron chi connectivity index (χ4n) is 1.81. The Labute approximate surface area is 124 Å². The molecule has 0 aliphatic rings. The number of benzene rings is 1. The predicted molar refractivity (Wildman–Crippen MR) is 79.6 cm³/mol. The topological polar surface area (TPSA) is 104 Å². The summed E-state index contributed by atoms with van der Waals surface area (Å²) in [5.41, 5.74) is -0.116. The Morgan fingerprint density at radius 2 is 1.71 bits per heavy atom. The lowest BCUT2D eigenvalue weighted by molar-refractivity contribution is 0.0653. The van der Waals surface area contributed by atoms with Crippen LogP contribution in [0.2, 0.25) is 0 Å². The van der Waals surface area contributed by atoms with E-state index >= 15 is 0 Å². The van der Waals surface area contributed by atoms with E-state index in [9.17, 15) is 23.4 Å². The Kier molecular flexibility index (Phi) is 5.88. The summed E-state index contributed by atoms with van der Waals surface area (Å²) in [6, 6.07) is 6.18. The summed E-state index contributed by atoms with van der Waals surface area (Å²) in [6.45, 7) is 1.03. The highest BCUT2D eigenvalue weighted by molar-refractivity contribution is 7.89. The van der Waals surface area contributed by atoms with Crippen LogP contribution in [-0.2, 0) is 15.6 Å². The zero-order valence-corrected chi connectivity index (χ0v) is 13.0. The molecule has 118 valence electrons. The van der Waals surface area contributed by atoms with Gasteiger partial charge in [0.25, 0.3) is 5.91 Å². The number of aliphatic hydroxyl groups excluding tert-OH is 2. The van der Waals surface area contributed by atoms with Gasteiger partial charge in [0.05, 0.1) is 24.5 Å². The first-order valence-electron chi connectivity index (χ1n) is 6.56. The highest BCUT2D eigenvalue weighted by Gasteiger charge is 2.28. The van der Waals surface area contributed by atoms with E-state index in [-0.39, 0.29) is 19.0 Å². The smallest absolute Gasteiger partial charge is 0.251 e. The molecule has 0 fully saturated rings. The molecule has 1 rings (SSSR count). The van der Waals surface area contributed by atoms with Gasteiger partial charge in [-0.2, -0.15) is 0 Å². The Balaban J connectivity index is 2.84. The Morgan fingerprint density at radius 3 is 2.10 bits per heavy atom. The van der Waals surface area contributed by atoms with E-state index in [0.717, 1.165) is 6.26 Å². The van der Waals surface area contributed by atoms with E-state index in [1.165, 1.54) is 12.1 Å². The van der Waals surface area contributed by atoms with Crippen LogP contribution in [0, 0.1) is 0 Å². The average Bonchev–Trinajstić information content (AvgIpc) is 2.44. The van der Waals surface area contributed by atoms with Crippen molar-refractivity contribution in [3.63, 3.8) is 0 Å². The SMILES string of the molecule is CCC(CO)(CO)NC(=O)c1ccc(CS(C)(=O)=O)cc1. The van der Waals surface area contributed by atoms with Gasteiger partial charge < -0.3 is 15.5 Å². The van der Waals surface area contributed by atoms with Crippen molar-refractivity contribution in [3.8, 4) is 0 Å². The predicted octanol–water partition coefficient (Wildman–Crippen LogP) is 0.0944. The molecule has 6 nitrogen and oxygen atoms in total. The van der Waals surface area contributed by atoms with Crippen molar-refractivity contribution >= 4 is 15.7 Å². The second kappa shape index (κ2) is 7.02. The molecule has 0 spiro atoms. The van der Waals surface area contributed by atoms with Gasteiger partial charge in [0.1, 0.15) is 0 Å². The number of amides is 1. The zero-order chi connectivity index (χ0) is 16.1. The molecule has 0 radical (unpaired) electrons. The van der Waals surface area contributed by atoms with Gasteiger partial charge in [-0.15, -0.1) is 0 Å². The summed E-state index contributed by atoms with van der Waals surface area (Å²) in [5.74, 6) is -0.507. The van der Waals surface area contributed by atoms with Crippen LogP contribution >= 0.6 is 0 Å². The van der Waals surface area contributed by atoms with Gasteiger partial charge in [-0.25, -0.2) is 8.42 Å². The second-order valence-electron chi connectivity index (χ2n) is 5.17. The summed E-state index contributed by atoms with van der Waals surface area (Å²) in [4.78, 5) is 12.1. The third kappa shape index (κ3) is 5.11. The molecule has 1 aromatic rings. The molecule has 0 aromatic heterocycles. The van der Waals surface area contributed by atoms with Crippen LogP contribution in [0.25, 0.3) is 0 Å². The minimum Gasteiger partial charge on any atom is -0.394 e. The minimum absolute atomic E-state index is 0.0823. The highest BCUT2D eigenvalue weighted by Crippen LogP contribution is 2.12. The number of sulfone groups is 1. The fraction of sp³-hybridized carbons (Fsp3) is 0.500. The van der Waals surface area contributed by atoms with E-state index in [2.05, 4.69) is 5.32 Å². The van der Waals surface area contributed by atoms with Crippen molar-refractivity contribution in [3.05, 3.63) is 35.4 Å². The maximum atomic E-state index is 12.1. The quantitative estimate of drug-likeness (QED) is 0.662. The van der Waals surface area contributed by atoms with Crippen molar-refractivity contribution in [1.29, 1.82) is 0 Å². The van der Waals surface area contributed by atoms with Gasteiger partial charge in [-0.3, -0.25) is 4.79 Å². The molecule has 21 heavy (non-hydrogen) atoms. The monoisotopic (exact) mass is 315 g/mol. The molecule has 1 amide bonds. The van der Waals surface area contributed by atoms with E-state index in [4.69, 9.17) is 0 Å². The summed E-state index contributed by atoms with van der Waals surface area (Å²) in [6.07, 6.45) is 1.53. The zero-order valence-electron chi connectivity index (χ0n) is 12.2. The molecule has 0 aliphatic heterocycles. The molecule has 0 unspecified atom stereocenters. The van der Waals surface area contributed by atoms with Gasteiger partial charge in [0, 0.05) is 11.8 Å².